The molecule has 0 bridgehead atoms. The van der Waals surface area contributed by atoms with Crippen molar-refractivity contribution in [2.45, 2.75) is 44.1 Å². The zero-order valence-corrected chi connectivity index (χ0v) is 12.4. The Hall–Kier alpha value is -1.71. The Bertz CT molecular complexity index is 614. The van der Waals surface area contributed by atoms with Crippen LogP contribution in [0.2, 0.25) is 0 Å². The Balaban J connectivity index is 1.94. The van der Waals surface area contributed by atoms with Gasteiger partial charge in [0, 0.05) is 12.0 Å². The number of carboxylic acid groups (broad SMARTS) is 1. The monoisotopic (exact) mass is 287 g/mol. The first-order chi connectivity index (χ1) is 10.1. The van der Waals surface area contributed by atoms with Crippen molar-refractivity contribution in [1.82, 2.24) is 4.90 Å². The average Bonchev–Trinajstić information content (AvgIpc) is 2.96. The zero-order chi connectivity index (χ0) is 14.7. The van der Waals surface area contributed by atoms with Gasteiger partial charge in [0.2, 0.25) is 0 Å². The first-order valence-corrected chi connectivity index (χ1v) is 7.81. The number of ether oxygens (including phenoxy) is 1. The summed E-state index contributed by atoms with van der Waals surface area (Å²) in [6.45, 7) is 0.673. The minimum Gasteiger partial charge on any atom is -0.497 e. The molecule has 3 aliphatic rings. The normalized spacial score (nSPS) is 33.3. The van der Waals surface area contributed by atoms with Crippen LogP contribution in [-0.4, -0.2) is 29.8 Å². The molecule has 1 saturated carbocycles. The molecule has 4 rings (SSSR count). The predicted molar refractivity (Wildman–Crippen MR) is 78.6 cm³/mol. The van der Waals surface area contributed by atoms with Crippen LogP contribution in [0.4, 0.5) is 4.79 Å². The molecule has 112 valence electrons. The SMILES string of the molecule is COc1ccc2c(c1)C13CCCCC1(CCN3C(=O)O)C2. The number of rotatable bonds is 1. The number of likely N-dealkylation sites (tertiary alicyclic amines) is 1. The molecular formula is C17H21NO3. The van der Waals surface area contributed by atoms with E-state index in [-0.39, 0.29) is 11.0 Å². The van der Waals surface area contributed by atoms with E-state index >= 15 is 0 Å². The van der Waals surface area contributed by atoms with E-state index in [1.165, 1.54) is 17.5 Å². The summed E-state index contributed by atoms with van der Waals surface area (Å²) in [6.07, 6.45) is 5.69. The lowest BCUT2D eigenvalue weighted by Gasteiger charge is -2.48. The summed E-state index contributed by atoms with van der Waals surface area (Å²) in [6, 6.07) is 6.23. The maximum absolute atomic E-state index is 11.8. The van der Waals surface area contributed by atoms with E-state index in [1.54, 1.807) is 12.0 Å². The Morgan fingerprint density at radius 2 is 2.10 bits per heavy atom. The Morgan fingerprint density at radius 1 is 1.29 bits per heavy atom. The van der Waals surface area contributed by atoms with Crippen molar-refractivity contribution in [2.24, 2.45) is 5.41 Å². The summed E-state index contributed by atoms with van der Waals surface area (Å²) in [4.78, 5) is 13.6. The van der Waals surface area contributed by atoms with E-state index in [1.807, 2.05) is 6.07 Å². The second-order valence-corrected chi connectivity index (χ2v) is 6.73. The highest BCUT2D eigenvalue weighted by molar-refractivity contribution is 5.69. The minimum atomic E-state index is -0.769. The number of carbonyl (C=O) groups is 1. The molecule has 4 nitrogen and oxygen atoms in total. The van der Waals surface area contributed by atoms with Crippen molar-refractivity contribution in [3.05, 3.63) is 29.3 Å². The lowest BCUT2D eigenvalue weighted by molar-refractivity contribution is 0.0111. The smallest absolute Gasteiger partial charge is 0.408 e. The molecule has 1 saturated heterocycles. The van der Waals surface area contributed by atoms with Gasteiger partial charge in [-0.3, -0.25) is 4.90 Å². The van der Waals surface area contributed by atoms with Crippen molar-refractivity contribution in [2.75, 3.05) is 13.7 Å². The summed E-state index contributed by atoms with van der Waals surface area (Å²) >= 11 is 0. The van der Waals surface area contributed by atoms with Crippen LogP contribution in [0.25, 0.3) is 0 Å². The zero-order valence-electron chi connectivity index (χ0n) is 12.4. The molecule has 2 aliphatic carbocycles. The van der Waals surface area contributed by atoms with Gasteiger partial charge in [-0.15, -0.1) is 0 Å². The topological polar surface area (TPSA) is 49.8 Å². The lowest BCUT2D eigenvalue weighted by Crippen LogP contribution is -2.52. The molecule has 1 aromatic rings. The van der Waals surface area contributed by atoms with Crippen LogP contribution in [0.1, 0.15) is 43.2 Å². The first kappa shape index (κ1) is 13.0. The molecule has 0 spiro atoms. The summed E-state index contributed by atoms with van der Waals surface area (Å²) in [5.41, 5.74) is 2.35. The lowest BCUT2D eigenvalue weighted by atomic mass is 9.62. The van der Waals surface area contributed by atoms with Crippen molar-refractivity contribution < 1.29 is 14.6 Å². The Labute approximate surface area is 124 Å². The molecule has 1 N–H and O–H groups in total. The highest BCUT2D eigenvalue weighted by Crippen LogP contribution is 2.66. The maximum atomic E-state index is 11.8. The molecule has 0 radical (unpaired) electrons. The number of amides is 1. The first-order valence-electron chi connectivity index (χ1n) is 7.81. The quantitative estimate of drug-likeness (QED) is 0.861. The summed E-state index contributed by atoms with van der Waals surface area (Å²) in [7, 11) is 1.67. The fourth-order valence-corrected chi connectivity index (χ4v) is 5.32. The number of benzene rings is 1. The number of fused-ring (bicyclic) bond motifs is 1. The fourth-order valence-electron chi connectivity index (χ4n) is 5.32. The van der Waals surface area contributed by atoms with Crippen LogP contribution in [0.3, 0.4) is 0 Å². The van der Waals surface area contributed by atoms with Gasteiger partial charge in [0.25, 0.3) is 0 Å². The van der Waals surface area contributed by atoms with Crippen LogP contribution >= 0.6 is 0 Å². The van der Waals surface area contributed by atoms with Crippen molar-refractivity contribution in [3.63, 3.8) is 0 Å². The summed E-state index contributed by atoms with van der Waals surface area (Å²) in [5.74, 6) is 0.835. The van der Waals surface area contributed by atoms with E-state index in [2.05, 4.69) is 12.1 Å². The fraction of sp³-hybridized carbons (Fsp3) is 0.588. The molecule has 0 aromatic heterocycles. The number of hydrogen-bond donors (Lipinski definition) is 1. The largest absolute Gasteiger partial charge is 0.497 e. The van der Waals surface area contributed by atoms with Crippen molar-refractivity contribution in [1.29, 1.82) is 0 Å². The third-order valence-electron chi connectivity index (χ3n) is 6.12. The Morgan fingerprint density at radius 3 is 2.86 bits per heavy atom. The molecule has 2 fully saturated rings. The van der Waals surface area contributed by atoms with Crippen molar-refractivity contribution >= 4 is 6.09 Å². The van der Waals surface area contributed by atoms with E-state index < -0.39 is 6.09 Å². The van der Waals surface area contributed by atoms with Crippen LogP contribution in [-0.2, 0) is 12.0 Å². The molecule has 2 atom stereocenters. The van der Waals surface area contributed by atoms with E-state index in [9.17, 15) is 9.90 Å². The maximum Gasteiger partial charge on any atom is 0.408 e. The molecule has 2 unspecified atom stereocenters. The van der Waals surface area contributed by atoms with Gasteiger partial charge >= 0.3 is 6.09 Å². The molecule has 1 aliphatic heterocycles. The van der Waals surface area contributed by atoms with Gasteiger partial charge in [-0.05, 0) is 48.9 Å². The third-order valence-corrected chi connectivity index (χ3v) is 6.12. The minimum absolute atomic E-state index is 0.123. The number of hydrogen-bond acceptors (Lipinski definition) is 2. The van der Waals surface area contributed by atoms with Gasteiger partial charge in [0.15, 0.2) is 0 Å². The number of methoxy groups -OCH3 is 1. The van der Waals surface area contributed by atoms with Gasteiger partial charge < -0.3 is 9.84 Å². The van der Waals surface area contributed by atoms with Gasteiger partial charge in [-0.1, -0.05) is 18.9 Å². The predicted octanol–water partition coefficient (Wildman–Crippen LogP) is 3.39. The molecule has 1 heterocycles. The highest BCUT2D eigenvalue weighted by Gasteiger charge is 2.65. The molecule has 4 heteroatoms. The average molecular weight is 287 g/mol. The summed E-state index contributed by atoms with van der Waals surface area (Å²) < 4.78 is 5.39. The van der Waals surface area contributed by atoms with Crippen molar-refractivity contribution in [3.8, 4) is 5.75 Å². The highest BCUT2D eigenvalue weighted by atomic mass is 16.5. The third kappa shape index (κ3) is 1.43. The Kier molecular flexibility index (Phi) is 2.57. The van der Waals surface area contributed by atoms with Gasteiger partial charge in [0.05, 0.1) is 12.6 Å². The van der Waals surface area contributed by atoms with E-state index in [0.29, 0.717) is 6.54 Å². The van der Waals surface area contributed by atoms with E-state index in [4.69, 9.17) is 4.74 Å². The van der Waals surface area contributed by atoms with Crippen LogP contribution in [0.15, 0.2) is 18.2 Å². The van der Waals surface area contributed by atoms with Crippen LogP contribution < -0.4 is 4.74 Å². The molecule has 1 amide bonds. The second-order valence-electron chi connectivity index (χ2n) is 6.73. The van der Waals surface area contributed by atoms with Crippen LogP contribution in [0, 0.1) is 5.41 Å². The molecule has 21 heavy (non-hydrogen) atoms. The van der Waals surface area contributed by atoms with Crippen LogP contribution in [0.5, 0.6) is 5.75 Å². The molecule has 1 aromatic carbocycles. The van der Waals surface area contributed by atoms with Gasteiger partial charge in [-0.2, -0.15) is 0 Å². The van der Waals surface area contributed by atoms with Gasteiger partial charge in [-0.25, -0.2) is 4.79 Å². The number of nitrogens with zero attached hydrogens (tertiary/aromatic N) is 1. The van der Waals surface area contributed by atoms with Gasteiger partial charge in [0.1, 0.15) is 5.75 Å². The summed E-state index contributed by atoms with van der Waals surface area (Å²) in [5, 5.41) is 9.74. The molecular weight excluding hydrogens is 266 g/mol. The standard InChI is InChI=1S/C17H21NO3/c1-21-13-5-4-12-11-16-6-2-3-7-17(16,14(12)10-13)18(9-8-16)15(19)20/h4-5,10H,2-3,6-9,11H2,1H3,(H,19,20). The van der Waals surface area contributed by atoms with E-state index in [0.717, 1.165) is 37.9 Å². The second kappa shape index (κ2) is 4.15.